The van der Waals surface area contributed by atoms with Crippen LogP contribution in [0.4, 0.5) is 13.2 Å². The Labute approximate surface area is 302 Å². The Hall–Kier alpha value is -4.62. The van der Waals surface area contributed by atoms with Crippen molar-refractivity contribution in [3.8, 4) is 17.0 Å². The molecule has 13 heteroatoms. The van der Waals surface area contributed by atoms with Crippen LogP contribution in [0.5, 0.6) is 5.75 Å². The third-order valence-corrected chi connectivity index (χ3v) is 11.0. The quantitative estimate of drug-likeness (QED) is 0.156. The van der Waals surface area contributed by atoms with Crippen LogP contribution in [0.15, 0.2) is 101 Å². The van der Waals surface area contributed by atoms with Gasteiger partial charge in [-0.15, -0.1) is 13.2 Å². The summed E-state index contributed by atoms with van der Waals surface area (Å²) < 4.78 is 94.1. The number of carbonyl (C=O) groups is 1. The number of carbonyl (C=O) groups excluding carboxylic acids is 1. The molecule has 0 aliphatic heterocycles. The fourth-order valence-corrected chi connectivity index (χ4v) is 7.27. The van der Waals surface area contributed by atoms with Gasteiger partial charge >= 0.3 is 6.36 Å². The van der Waals surface area contributed by atoms with E-state index in [4.69, 9.17) is 0 Å². The zero-order valence-corrected chi connectivity index (χ0v) is 31.6. The molecule has 5 aromatic rings. The molecule has 1 aromatic heterocycles. The molecule has 8 nitrogen and oxygen atoms in total. The monoisotopic (exact) mass is 754 g/mol. The number of rotatable bonds is 10. The zero-order chi connectivity index (χ0) is 38.4. The van der Waals surface area contributed by atoms with Crippen LogP contribution in [0.25, 0.3) is 22.2 Å². The van der Waals surface area contributed by atoms with Gasteiger partial charge in [0.1, 0.15) is 5.75 Å². The SMILES string of the molecule is CC(C)(C)NC(=O)C(C)(C)c1ccc2c(c1)c(Cc1ccc(S(C)(=O)=O)cc1)c(-c1ccc(OC(F)(F)F)cc1)n2Cc1ccc(S(C)(=O)=O)cc1. The molecular weight excluding hydrogens is 714 g/mol. The first-order chi connectivity index (χ1) is 23.9. The highest BCUT2D eigenvalue weighted by molar-refractivity contribution is 7.91. The standard InChI is InChI=1S/C39H41F3N2O6S2/c1-37(2,3)43-36(45)38(4,5)28-14-21-34-32(23-28)33(22-25-8-17-30(18-9-25)51(6,46)47)35(27-12-15-29(16-13-27)50-39(40,41)42)44(34)24-26-10-19-31(20-11-26)52(7,48)49/h8-21,23H,22,24H2,1-7H3,(H,43,45). The Morgan fingerprint density at radius 1 is 0.731 bits per heavy atom. The fraction of sp³-hybridized carbons (Fsp3) is 0.308. The number of fused-ring (bicyclic) bond motifs is 1. The highest BCUT2D eigenvalue weighted by Gasteiger charge is 2.34. The molecular formula is C39H41F3N2O6S2. The van der Waals surface area contributed by atoms with Gasteiger partial charge in [-0.2, -0.15) is 0 Å². The molecule has 0 saturated heterocycles. The number of nitrogens with zero attached hydrogens (tertiary/aromatic N) is 1. The summed E-state index contributed by atoms with van der Waals surface area (Å²) in [6.45, 7) is 9.63. The van der Waals surface area contributed by atoms with Gasteiger partial charge in [-0.25, -0.2) is 16.8 Å². The lowest BCUT2D eigenvalue weighted by Crippen LogP contribution is -2.48. The van der Waals surface area contributed by atoms with Crippen molar-refractivity contribution in [2.24, 2.45) is 0 Å². The maximum atomic E-state index is 13.6. The first kappa shape index (κ1) is 38.6. The highest BCUT2D eigenvalue weighted by Crippen LogP contribution is 2.40. The van der Waals surface area contributed by atoms with Gasteiger partial charge in [0.2, 0.25) is 5.91 Å². The second kappa shape index (κ2) is 13.7. The smallest absolute Gasteiger partial charge is 0.406 e. The van der Waals surface area contributed by atoms with Gasteiger partial charge in [0.25, 0.3) is 0 Å². The van der Waals surface area contributed by atoms with E-state index in [1.165, 1.54) is 48.5 Å². The number of halogens is 3. The van der Waals surface area contributed by atoms with Crippen LogP contribution in [0, 0.1) is 0 Å². The number of sulfone groups is 2. The van der Waals surface area contributed by atoms with Crippen LogP contribution in [0.1, 0.15) is 56.9 Å². The summed E-state index contributed by atoms with van der Waals surface area (Å²) in [7, 11) is -6.90. The van der Waals surface area contributed by atoms with E-state index in [1.807, 2.05) is 57.4 Å². The topological polar surface area (TPSA) is 112 Å². The Morgan fingerprint density at radius 2 is 1.25 bits per heavy atom. The number of benzene rings is 4. The summed E-state index contributed by atoms with van der Waals surface area (Å²) in [4.78, 5) is 13.9. The molecule has 0 radical (unpaired) electrons. The van der Waals surface area contributed by atoms with E-state index in [-0.39, 0.29) is 28.0 Å². The number of hydrogen-bond donors (Lipinski definition) is 1. The summed E-state index contributed by atoms with van der Waals surface area (Å²) in [6, 6.07) is 24.3. The van der Waals surface area contributed by atoms with Crippen LogP contribution in [-0.4, -0.2) is 51.7 Å². The second-order valence-corrected chi connectivity index (χ2v) is 18.6. The molecule has 1 amide bonds. The lowest BCUT2D eigenvalue weighted by molar-refractivity contribution is -0.274. The maximum absolute atomic E-state index is 13.6. The number of hydrogen-bond acceptors (Lipinski definition) is 6. The van der Waals surface area contributed by atoms with Gasteiger partial charge in [0.15, 0.2) is 19.7 Å². The van der Waals surface area contributed by atoms with Crippen LogP contribution in [-0.2, 0) is 42.8 Å². The first-order valence-corrected chi connectivity index (χ1v) is 20.1. The average molecular weight is 755 g/mol. The molecule has 276 valence electrons. The van der Waals surface area contributed by atoms with Crippen molar-refractivity contribution < 1.29 is 39.5 Å². The molecule has 1 heterocycles. The third kappa shape index (κ3) is 8.87. The van der Waals surface area contributed by atoms with E-state index < -0.39 is 37.0 Å². The Bertz CT molecular complexity index is 2340. The van der Waals surface area contributed by atoms with Gasteiger partial charge < -0.3 is 14.6 Å². The summed E-state index contributed by atoms with van der Waals surface area (Å²) in [5.74, 6) is -0.565. The molecule has 5 rings (SSSR count). The largest absolute Gasteiger partial charge is 0.573 e. The van der Waals surface area contributed by atoms with Crippen molar-refractivity contribution >= 4 is 36.5 Å². The van der Waals surface area contributed by atoms with E-state index in [0.717, 1.165) is 45.7 Å². The Morgan fingerprint density at radius 3 is 1.73 bits per heavy atom. The van der Waals surface area contributed by atoms with Crippen molar-refractivity contribution in [2.75, 3.05) is 12.5 Å². The minimum absolute atomic E-state index is 0.158. The van der Waals surface area contributed by atoms with Crippen molar-refractivity contribution in [2.45, 2.75) is 74.7 Å². The van der Waals surface area contributed by atoms with Crippen LogP contribution >= 0.6 is 0 Å². The number of nitrogens with one attached hydrogen (secondary N) is 1. The van der Waals surface area contributed by atoms with Gasteiger partial charge in [-0.05, 0) is 123 Å². The summed E-state index contributed by atoms with van der Waals surface area (Å²) in [5, 5.41) is 3.84. The first-order valence-electron chi connectivity index (χ1n) is 16.3. The van der Waals surface area contributed by atoms with E-state index >= 15 is 0 Å². The molecule has 0 aliphatic rings. The molecule has 0 unspecified atom stereocenters. The molecule has 1 N–H and O–H groups in total. The highest BCUT2D eigenvalue weighted by atomic mass is 32.2. The number of amides is 1. The molecule has 0 aliphatic carbocycles. The predicted octanol–water partition coefficient (Wildman–Crippen LogP) is 7.85. The van der Waals surface area contributed by atoms with Crippen LogP contribution in [0.2, 0.25) is 0 Å². The lowest BCUT2D eigenvalue weighted by atomic mass is 9.82. The minimum Gasteiger partial charge on any atom is -0.406 e. The lowest BCUT2D eigenvalue weighted by Gasteiger charge is -2.30. The Kier molecular flexibility index (Phi) is 10.2. The molecule has 4 aromatic carbocycles. The van der Waals surface area contributed by atoms with Gasteiger partial charge in [-0.3, -0.25) is 4.79 Å². The molecule has 0 bridgehead atoms. The van der Waals surface area contributed by atoms with Gasteiger partial charge in [0, 0.05) is 41.9 Å². The van der Waals surface area contributed by atoms with E-state index in [2.05, 4.69) is 10.1 Å². The molecule has 0 atom stereocenters. The zero-order valence-electron chi connectivity index (χ0n) is 29.9. The fourth-order valence-electron chi connectivity index (χ4n) is 6.01. The van der Waals surface area contributed by atoms with Crippen molar-refractivity contribution in [1.29, 1.82) is 0 Å². The van der Waals surface area contributed by atoms with E-state index in [9.17, 15) is 34.8 Å². The predicted molar refractivity (Wildman–Crippen MR) is 196 cm³/mol. The second-order valence-electron chi connectivity index (χ2n) is 14.6. The van der Waals surface area contributed by atoms with Gasteiger partial charge in [-0.1, -0.05) is 30.3 Å². The van der Waals surface area contributed by atoms with Crippen molar-refractivity contribution in [1.82, 2.24) is 9.88 Å². The van der Waals surface area contributed by atoms with E-state index in [1.54, 1.807) is 24.3 Å². The minimum atomic E-state index is -4.87. The number of ether oxygens (including phenoxy) is 1. The Balaban J connectivity index is 1.77. The molecule has 0 saturated carbocycles. The molecule has 0 spiro atoms. The summed E-state index contributed by atoms with van der Waals surface area (Å²) in [6.07, 6.45) is -2.32. The summed E-state index contributed by atoms with van der Waals surface area (Å²) in [5.41, 5.74) is 3.62. The van der Waals surface area contributed by atoms with Crippen LogP contribution < -0.4 is 10.1 Å². The average Bonchev–Trinajstić information content (AvgIpc) is 3.31. The van der Waals surface area contributed by atoms with Gasteiger partial charge in [0.05, 0.1) is 20.9 Å². The van der Waals surface area contributed by atoms with Crippen molar-refractivity contribution in [3.05, 3.63) is 113 Å². The third-order valence-electron chi connectivity index (χ3n) is 8.73. The maximum Gasteiger partial charge on any atom is 0.573 e. The molecule has 52 heavy (non-hydrogen) atoms. The normalized spacial score (nSPS) is 13.0. The van der Waals surface area contributed by atoms with Crippen LogP contribution in [0.3, 0.4) is 0 Å². The van der Waals surface area contributed by atoms with Crippen molar-refractivity contribution in [3.63, 3.8) is 0 Å². The summed E-state index contributed by atoms with van der Waals surface area (Å²) >= 11 is 0. The number of alkyl halides is 3. The van der Waals surface area contributed by atoms with E-state index in [0.29, 0.717) is 17.7 Å². The molecule has 0 fully saturated rings. The number of aromatic nitrogens is 1.